The predicted octanol–water partition coefficient (Wildman–Crippen LogP) is 1.54. The van der Waals surface area contributed by atoms with Crippen molar-refractivity contribution < 1.29 is 14.3 Å². The van der Waals surface area contributed by atoms with E-state index in [9.17, 15) is 9.59 Å². The number of ether oxygens (including phenoxy) is 1. The lowest BCUT2D eigenvalue weighted by atomic mass is 10.1. The number of Topliss-reactive ketones (excluding diaryl/α,β-unsaturated/α-hetero) is 1. The molecule has 1 rings (SSSR count). The molecule has 0 N–H and O–H groups in total. The molecule has 86 valence electrons. The number of hydrogen-bond donors (Lipinski definition) is 0. The molecule has 4 heteroatoms. The molecule has 16 heavy (non-hydrogen) atoms. The maximum atomic E-state index is 11.5. The van der Waals surface area contributed by atoms with Gasteiger partial charge in [0.2, 0.25) is 0 Å². The molecule has 0 aliphatic rings. The van der Waals surface area contributed by atoms with Crippen LogP contribution in [-0.2, 0) is 20.7 Å². The Morgan fingerprint density at radius 1 is 1.31 bits per heavy atom. The highest BCUT2D eigenvalue weighted by atomic mass is 16.5. The van der Waals surface area contributed by atoms with Crippen molar-refractivity contribution in [3.63, 3.8) is 0 Å². The zero-order valence-electron chi connectivity index (χ0n) is 9.31. The molecule has 0 aliphatic heterocycles. The third-order valence-corrected chi connectivity index (χ3v) is 2.02. The number of hydrogen-bond acceptors (Lipinski definition) is 4. The van der Waals surface area contributed by atoms with Crippen molar-refractivity contribution >= 4 is 11.8 Å². The Morgan fingerprint density at radius 3 is 2.75 bits per heavy atom. The summed E-state index contributed by atoms with van der Waals surface area (Å²) < 4.78 is 4.74. The molecule has 1 aromatic heterocycles. The lowest BCUT2D eigenvalue weighted by molar-refractivity contribution is -0.144. The Bertz CT molecular complexity index is 349. The second-order valence-corrected chi connectivity index (χ2v) is 3.34. The Hall–Kier alpha value is -1.71. The minimum Gasteiger partial charge on any atom is -0.466 e. The van der Waals surface area contributed by atoms with Gasteiger partial charge in [-0.1, -0.05) is 6.07 Å². The lowest BCUT2D eigenvalue weighted by Gasteiger charge is -2.01. The molecular weight excluding hydrogens is 206 g/mol. The molecule has 0 saturated carbocycles. The van der Waals surface area contributed by atoms with E-state index in [4.69, 9.17) is 4.74 Å². The number of rotatable bonds is 6. The maximum absolute atomic E-state index is 11.5. The van der Waals surface area contributed by atoms with Crippen molar-refractivity contribution in [2.75, 3.05) is 6.61 Å². The minimum absolute atomic E-state index is 0.00625. The van der Waals surface area contributed by atoms with Crippen molar-refractivity contribution in [2.24, 2.45) is 0 Å². The Balaban J connectivity index is 2.29. The highest BCUT2D eigenvalue weighted by molar-refractivity contribution is 5.84. The standard InChI is InChI=1S/C12H15NO3/c1-2-16-12(15)7-6-11(14)9-10-5-3-4-8-13-10/h3-5,8H,2,6-7,9H2,1H3. The summed E-state index contributed by atoms with van der Waals surface area (Å²) in [6.45, 7) is 2.10. The van der Waals surface area contributed by atoms with E-state index in [2.05, 4.69) is 4.98 Å². The zero-order chi connectivity index (χ0) is 11.8. The van der Waals surface area contributed by atoms with E-state index < -0.39 is 0 Å². The fourth-order valence-electron chi connectivity index (χ4n) is 1.27. The molecule has 0 radical (unpaired) electrons. The van der Waals surface area contributed by atoms with Crippen LogP contribution in [0.15, 0.2) is 24.4 Å². The maximum Gasteiger partial charge on any atom is 0.306 e. The van der Waals surface area contributed by atoms with Crippen LogP contribution in [0.25, 0.3) is 0 Å². The minimum atomic E-state index is -0.322. The van der Waals surface area contributed by atoms with Gasteiger partial charge in [0.1, 0.15) is 5.78 Å². The monoisotopic (exact) mass is 221 g/mol. The highest BCUT2D eigenvalue weighted by Gasteiger charge is 2.08. The number of carbonyl (C=O) groups excluding carboxylic acids is 2. The molecular formula is C12H15NO3. The smallest absolute Gasteiger partial charge is 0.306 e. The SMILES string of the molecule is CCOC(=O)CCC(=O)Cc1ccccn1. The van der Waals surface area contributed by atoms with Crippen LogP contribution in [0, 0.1) is 0 Å². The van der Waals surface area contributed by atoms with Gasteiger partial charge in [-0.2, -0.15) is 0 Å². The van der Waals surface area contributed by atoms with Gasteiger partial charge in [0.05, 0.1) is 13.0 Å². The van der Waals surface area contributed by atoms with Gasteiger partial charge in [-0.25, -0.2) is 0 Å². The van der Waals surface area contributed by atoms with Crippen LogP contribution < -0.4 is 0 Å². The van der Waals surface area contributed by atoms with Gasteiger partial charge in [0, 0.05) is 24.7 Å². The molecule has 0 amide bonds. The summed E-state index contributed by atoms with van der Waals surface area (Å²) in [5.41, 5.74) is 0.733. The van der Waals surface area contributed by atoms with Crippen molar-refractivity contribution in [3.8, 4) is 0 Å². The average molecular weight is 221 g/mol. The van der Waals surface area contributed by atoms with E-state index in [0.717, 1.165) is 5.69 Å². The molecule has 0 aliphatic carbocycles. The molecule has 0 spiro atoms. The summed E-state index contributed by atoms with van der Waals surface area (Å²) in [6, 6.07) is 5.43. The number of aromatic nitrogens is 1. The Labute approximate surface area is 94.6 Å². The van der Waals surface area contributed by atoms with E-state index >= 15 is 0 Å². The topological polar surface area (TPSA) is 56.3 Å². The normalized spacial score (nSPS) is 9.81. The van der Waals surface area contributed by atoms with Gasteiger partial charge in [0.25, 0.3) is 0 Å². The first-order chi connectivity index (χ1) is 7.72. The molecule has 0 saturated heterocycles. The van der Waals surface area contributed by atoms with Gasteiger partial charge in [0.15, 0.2) is 0 Å². The summed E-state index contributed by atoms with van der Waals surface area (Å²) >= 11 is 0. The van der Waals surface area contributed by atoms with Crippen LogP contribution in [0.5, 0.6) is 0 Å². The van der Waals surface area contributed by atoms with E-state index in [0.29, 0.717) is 6.61 Å². The molecule has 0 fully saturated rings. The first-order valence-corrected chi connectivity index (χ1v) is 5.29. The first kappa shape index (κ1) is 12.4. The van der Waals surface area contributed by atoms with Gasteiger partial charge >= 0.3 is 5.97 Å². The first-order valence-electron chi connectivity index (χ1n) is 5.29. The second kappa shape index (κ2) is 6.71. The van der Waals surface area contributed by atoms with Gasteiger partial charge < -0.3 is 4.74 Å². The molecule has 4 nitrogen and oxygen atoms in total. The zero-order valence-corrected chi connectivity index (χ0v) is 9.31. The lowest BCUT2D eigenvalue weighted by Crippen LogP contribution is -2.09. The number of ketones is 1. The van der Waals surface area contributed by atoms with Crippen LogP contribution in [0.1, 0.15) is 25.5 Å². The van der Waals surface area contributed by atoms with Gasteiger partial charge in [-0.05, 0) is 19.1 Å². The average Bonchev–Trinajstić information content (AvgIpc) is 2.28. The van der Waals surface area contributed by atoms with Crippen LogP contribution in [-0.4, -0.2) is 23.3 Å². The van der Waals surface area contributed by atoms with Crippen LogP contribution in [0.3, 0.4) is 0 Å². The van der Waals surface area contributed by atoms with Crippen LogP contribution in [0.2, 0.25) is 0 Å². The van der Waals surface area contributed by atoms with Crippen molar-refractivity contribution in [1.82, 2.24) is 4.98 Å². The van der Waals surface area contributed by atoms with Crippen LogP contribution >= 0.6 is 0 Å². The van der Waals surface area contributed by atoms with Gasteiger partial charge in [-0.3, -0.25) is 14.6 Å². The molecule has 0 unspecified atom stereocenters. The number of pyridine rings is 1. The quantitative estimate of drug-likeness (QED) is 0.684. The predicted molar refractivity (Wildman–Crippen MR) is 58.8 cm³/mol. The van der Waals surface area contributed by atoms with Crippen molar-refractivity contribution in [1.29, 1.82) is 0 Å². The third-order valence-electron chi connectivity index (χ3n) is 2.02. The number of esters is 1. The van der Waals surface area contributed by atoms with Gasteiger partial charge in [-0.15, -0.1) is 0 Å². The fraction of sp³-hybridized carbons (Fsp3) is 0.417. The molecule has 0 bridgehead atoms. The molecule has 0 atom stereocenters. The summed E-state index contributed by atoms with van der Waals surface area (Å²) in [5, 5.41) is 0. The van der Waals surface area contributed by atoms with Crippen LogP contribution in [0.4, 0.5) is 0 Å². The Morgan fingerprint density at radius 2 is 2.12 bits per heavy atom. The van der Waals surface area contributed by atoms with E-state index in [1.807, 2.05) is 6.07 Å². The summed E-state index contributed by atoms with van der Waals surface area (Å²) in [4.78, 5) is 26.5. The fourth-order valence-corrected chi connectivity index (χ4v) is 1.27. The molecule has 1 aromatic rings. The third kappa shape index (κ3) is 4.68. The van der Waals surface area contributed by atoms with E-state index in [1.54, 1.807) is 25.3 Å². The number of carbonyl (C=O) groups is 2. The van der Waals surface area contributed by atoms with E-state index in [1.165, 1.54) is 0 Å². The number of nitrogens with zero attached hydrogens (tertiary/aromatic N) is 1. The summed E-state index contributed by atoms with van der Waals surface area (Å²) in [7, 11) is 0. The Kier molecular flexibility index (Phi) is 5.19. The second-order valence-electron chi connectivity index (χ2n) is 3.34. The molecule has 0 aromatic carbocycles. The van der Waals surface area contributed by atoms with Crippen molar-refractivity contribution in [2.45, 2.75) is 26.2 Å². The summed E-state index contributed by atoms with van der Waals surface area (Å²) in [5.74, 6) is -0.316. The summed E-state index contributed by atoms with van der Waals surface area (Å²) in [6.07, 6.45) is 2.29. The van der Waals surface area contributed by atoms with E-state index in [-0.39, 0.29) is 31.0 Å². The van der Waals surface area contributed by atoms with Crippen molar-refractivity contribution in [3.05, 3.63) is 30.1 Å². The molecule has 1 heterocycles. The largest absolute Gasteiger partial charge is 0.466 e. The highest BCUT2D eigenvalue weighted by Crippen LogP contribution is 2.01.